The zero-order valence-corrected chi connectivity index (χ0v) is 12.6. The first kappa shape index (κ1) is 16.1. The van der Waals surface area contributed by atoms with E-state index in [-0.39, 0.29) is 11.2 Å². The van der Waals surface area contributed by atoms with E-state index in [9.17, 15) is 4.39 Å². The number of benzene rings is 1. The molecule has 0 amide bonds. The molecule has 0 aliphatic heterocycles. The van der Waals surface area contributed by atoms with Gasteiger partial charge in [-0.2, -0.15) is 0 Å². The van der Waals surface area contributed by atoms with E-state index in [4.69, 9.17) is 0 Å². The van der Waals surface area contributed by atoms with Gasteiger partial charge in [0.05, 0.1) is 0 Å². The van der Waals surface area contributed by atoms with Gasteiger partial charge in [0.1, 0.15) is 5.82 Å². The van der Waals surface area contributed by atoms with Gasteiger partial charge >= 0.3 is 0 Å². The maximum absolute atomic E-state index is 13.3. The van der Waals surface area contributed by atoms with Crippen LogP contribution in [0.2, 0.25) is 0 Å². The van der Waals surface area contributed by atoms with Gasteiger partial charge in [0, 0.05) is 12.0 Å². The van der Waals surface area contributed by atoms with E-state index < -0.39 is 0 Å². The summed E-state index contributed by atoms with van der Waals surface area (Å²) in [7, 11) is 1.99. The Bertz CT molecular complexity index is 377. The van der Waals surface area contributed by atoms with Gasteiger partial charge in [0.2, 0.25) is 0 Å². The lowest BCUT2D eigenvalue weighted by Crippen LogP contribution is -2.37. The van der Waals surface area contributed by atoms with Gasteiger partial charge < -0.3 is 10.6 Å². The highest BCUT2D eigenvalue weighted by atomic mass is 19.1. The van der Waals surface area contributed by atoms with Gasteiger partial charge in [-0.3, -0.25) is 0 Å². The molecule has 1 aromatic carbocycles. The molecule has 19 heavy (non-hydrogen) atoms. The fourth-order valence-electron chi connectivity index (χ4n) is 2.25. The van der Waals surface area contributed by atoms with Crippen molar-refractivity contribution < 1.29 is 4.39 Å². The van der Waals surface area contributed by atoms with Crippen LogP contribution >= 0.6 is 0 Å². The van der Waals surface area contributed by atoms with Crippen LogP contribution in [0.25, 0.3) is 0 Å². The third-order valence-electron chi connectivity index (χ3n) is 3.68. The lowest BCUT2D eigenvalue weighted by Gasteiger charge is -2.27. The van der Waals surface area contributed by atoms with Crippen molar-refractivity contribution in [2.75, 3.05) is 26.7 Å². The van der Waals surface area contributed by atoms with E-state index in [2.05, 4.69) is 31.4 Å². The standard InChI is InChI=1S/C16H27FN2/c1-5-13(10-18-4)11-19-12-16(2,3)14-7-6-8-15(17)9-14/h6-9,13,18-19H,5,10-12H2,1-4H3. The van der Waals surface area contributed by atoms with Crippen molar-refractivity contribution in [2.24, 2.45) is 5.92 Å². The van der Waals surface area contributed by atoms with Crippen LogP contribution < -0.4 is 10.6 Å². The summed E-state index contributed by atoms with van der Waals surface area (Å²) in [5, 5.41) is 6.73. The molecule has 0 heterocycles. The van der Waals surface area contributed by atoms with Crippen molar-refractivity contribution in [3.8, 4) is 0 Å². The summed E-state index contributed by atoms with van der Waals surface area (Å²) < 4.78 is 13.3. The maximum atomic E-state index is 13.3. The number of rotatable bonds is 8. The molecule has 0 aliphatic rings. The minimum absolute atomic E-state index is 0.0555. The van der Waals surface area contributed by atoms with Crippen LogP contribution in [-0.4, -0.2) is 26.7 Å². The van der Waals surface area contributed by atoms with Gasteiger partial charge in [-0.15, -0.1) is 0 Å². The molecule has 0 fully saturated rings. The zero-order valence-electron chi connectivity index (χ0n) is 12.6. The van der Waals surface area contributed by atoms with E-state index in [1.54, 1.807) is 12.1 Å². The minimum Gasteiger partial charge on any atom is -0.319 e. The van der Waals surface area contributed by atoms with Crippen LogP contribution in [0, 0.1) is 11.7 Å². The number of hydrogen-bond acceptors (Lipinski definition) is 2. The quantitative estimate of drug-likeness (QED) is 0.756. The molecule has 1 rings (SSSR count). The Morgan fingerprint density at radius 3 is 2.58 bits per heavy atom. The molecule has 0 saturated carbocycles. The molecule has 0 bridgehead atoms. The maximum Gasteiger partial charge on any atom is 0.123 e. The summed E-state index contributed by atoms with van der Waals surface area (Å²) in [5.74, 6) is 0.487. The number of halogens is 1. The highest BCUT2D eigenvalue weighted by Gasteiger charge is 2.20. The molecular formula is C16H27FN2. The average Bonchev–Trinajstić information content (AvgIpc) is 2.37. The van der Waals surface area contributed by atoms with E-state index in [1.165, 1.54) is 6.07 Å². The fraction of sp³-hybridized carbons (Fsp3) is 0.625. The third-order valence-corrected chi connectivity index (χ3v) is 3.68. The highest BCUT2D eigenvalue weighted by Crippen LogP contribution is 2.22. The van der Waals surface area contributed by atoms with Crippen LogP contribution in [0.5, 0.6) is 0 Å². The van der Waals surface area contributed by atoms with E-state index >= 15 is 0 Å². The molecule has 0 aliphatic carbocycles. The smallest absolute Gasteiger partial charge is 0.123 e. The summed E-state index contributed by atoms with van der Waals surface area (Å²) in [4.78, 5) is 0. The lowest BCUT2D eigenvalue weighted by atomic mass is 9.84. The second kappa shape index (κ2) is 7.61. The monoisotopic (exact) mass is 266 g/mol. The summed E-state index contributed by atoms with van der Waals surface area (Å²) >= 11 is 0. The van der Waals surface area contributed by atoms with Gasteiger partial charge in [0.15, 0.2) is 0 Å². The Kier molecular flexibility index (Phi) is 6.46. The fourth-order valence-corrected chi connectivity index (χ4v) is 2.25. The summed E-state index contributed by atoms with van der Waals surface area (Å²) in [6.07, 6.45) is 1.16. The average molecular weight is 266 g/mol. The first-order valence-corrected chi connectivity index (χ1v) is 7.11. The van der Waals surface area contributed by atoms with Gasteiger partial charge in [-0.25, -0.2) is 4.39 Å². The van der Waals surface area contributed by atoms with Gasteiger partial charge in [-0.1, -0.05) is 39.3 Å². The molecule has 1 atom stereocenters. The first-order valence-electron chi connectivity index (χ1n) is 7.11. The van der Waals surface area contributed by atoms with Crippen molar-refractivity contribution in [1.82, 2.24) is 10.6 Å². The summed E-state index contributed by atoms with van der Waals surface area (Å²) in [6, 6.07) is 6.90. The van der Waals surface area contributed by atoms with E-state index in [1.807, 2.05) is 13.1 Å². The number of hydrogen-bond donors (Lipinski definition) is 2. The van der Waals surface area contributed by atoms with E-state index in [0.29, 0.717) is 5.92 Å². The van der Waals surface area contributed by atoms with Crippen LogP contribution in [0.15, 0.2) is 24.3 Å². The Labute approximate surface area is 116 Å². The van der Waals surface area contributed by atoms with Crippen molar-refractivity contribution in [3.63, 3.8) is 0 Å². The van der Waals surface area contributed by atoms with E-state index in [0.717, 1.165) is 31.6 Å². The van der Waals surface area contributed by atoms with Gasteiger partial charge in [0.25, 0.3) is 0 Å². The largest absolute Gasteiger partial charge is 0.319 e. The first-order chi connectivity index (χ1) is 8.99. The molecule has 3 heteroatoms. The predicted molar refractivity (Wildman–Crippen MR) is 80.0 cm³/mol. The van der Waals surface area contributed by atoms with Crippen LogP contribution in [-0.2, 0) is 5.41 Å². The molecule has 1 aromatic rings. The minimum atomic E-state index is -0.160. The molecule has 0 radical (unpaired) electrons. The van der Waals surface area contributed by atoms with Gasteiger partial charge in [-0.05, 0) is 43.8 Å². The van der Waals surface area contributed by atoms with Crippen molar-refractivity contribution in [3.05, 3.63) is 35.6 Å². The Morgan fingerprint density at radius 1 is 1.26 bits per heavy atom. The predicted octanol–water partition coefficient (Wildman–Crippen LogP) is 2.94. The topological polar surface area (TPSA) is 24.1 Å². The van der Waals surface area contributed by atoms with Crippen LogP contribution in [0.1, 0.15) is 32.8 Å². The molecule has 0 spiro atoms. The van der Waals surface area contributed by atoms with Crippen molar-refractivity contribution in [1.29, 1.82) is 0 Å². The lowest BCUT2D eigenvalue weighted by molar-refractivity contribution is 0.401. The molecule has 1 unspecified atom stereocenters. The van der Waals surface area contributed by atoms with Crippen LogP contribution in [0.4, 0.5) is 4.39 Å². The Morgan fingerprint density at radius 2 is 2.00 bits per heavy atom. The highest BCUT2D eigenvalue weighted by molar-refractivity contribution is 5.24. The second-order valence-corrected chi connectivity index (χ2v) is 5.86. The second-order valence-electron chi connectivity index (χ2n) is 5.86. The summed E-state index contributed by atoms with van der Waals surface area (Å²) in [6.45, 7) is 9.39. The van der Waals surface area contributed by atoms with Crippen molar-refractivity contribution >= 4 is 0 Å². The molecule has 0 aromatic heterocycles. The molecule has 0 saturated heterocycles. The molecule has 2 N–H and O–H groups in total. The normalized spacial score (nSPS) is 13.5. The Balaban J connectivity index is 2.51. The molecular weight excluding hydrogens is 239 g/mol. The zero-order chi connectivity index (χ0) is 14.3. The SMILES string of the molecule is CCC(CNC)CNCC(C)(C)c1cccc(F)c1. The summed E-state index contributed by atoms with van der Waals surface area (Å²) in [5.41, 5.74) is 0.988. The third kappa shape index (κ3) is 5.29. The van der Waals surface area contributed by atoms with Crippen LogP contribution in [0.3, 0.4) is 0 Å². The molecule has 108 valence electrons. The molecule has 2 nitrogen and oxygen atoms in total. The van der Waals surface area contributed by atoms with Crippen molar-refractivity contribution in [2.45, 2.75) is 32.6 Å². The number of nitrogens with one attached hydrogen (secondary N) is 2. The Hall–Kier alpha value is -0.930.